The van der Waals surface area contributed by atoms with Gasteiger partial charge in [0, 0.05) is 15.3 Å². The van der Waals surface area contributed by atoms with Gasteiger partial charge in [0.05, 0.1) is 11.6 Å². The van der Waals surface area contributed by atoms with Gasteiger partial charge in [-0.25, -0.2) is 5.43 Å². The number of fused-ring (bicyclic) bond motifs is 3. The van der Waals surface area contributed by atoms with Crippen molar-refractivity contribution in [2.75, 3.05) is 0 Å². The van der Waals surface area contributed by atoms with Crippen molar-refractivity contribution >= 4 is 23.0 Å². The summed E-state index contributed by atoms with van der Waals surface area (Å²) in [6.07, 6.45) is 3.12. The molecule has 1 N–H and O–H groups in total. The zero-order chi connectivity index (χ0) is 10.4. The molecule has 1 aromatic rings. The summed E-state index contributed by atoms with van der Waals surface area (Å²) < 4.78 is 0. The van der Waals surface area contributed by atoms with E-state index in [2.05, 4.69) is 23.5 Å². The van der Waals surface area contributed by atoms with Crippen LogP contribution in [-0.2, 0) is 11.2 Å². The molecule has 0 radical (unpaired) electrons. The third kappa shape index (κ3) is 1.32. The number of hydrogen-bond donors (Lipinski definition) is 1. The van der Waals surface area contributed by atoms with E-state index in [4.69, 9.17) is 0 Å². The molecule has 4 heteroatoms. The lowest BCUT2D eigenvalue weighted by Gasteiger charge is -2.04. The number of hydrogen-bond acceptors (Lipinski definition) is 3. The van der Waals surface area contributed by atoms with Crippen LogP contribution in [0.25, 0.3) is 0 Å². The summed E-state index contributed by atoms with van der Waals surface area (Å²) in [6.45, 7) is 2.11. The predicted octanol–water partition coefficient (Wildman–Crippen LogP) is 1.84. The van der Waals surface area contributed by atoms with Crippen LogP contribution in [0.5, 0.6) is 0 Å². The summed E-state index contributed by atoms with van der Waals surface area (Å²) in [5, 5.41) is 4.18. The summed E-state index contributed by atoms with van der Waals surface area (Å²) in [5.41, 5.74) is 4.77. The number of aryl methyl sites for hydroxylation is 2. The van der Waals surface area contributed by atoms with Gasteiger partial charge in [0.15, 0.2) is 0 Å². The Morgan fingerprint density at radius 2 is 2.47 bits per heavy atom. The Kier molecular flexibility index (Phi) is 1.92. The Bertz CT molecular complexity index is 461. The van der Waals surface area contributed by atoms with Gasteiger partial charge in [-0.1, -0.05) is 0 Å². The molecule has 1 aromatic heterocycles. The molecule has 1 aliphatic carbocycles. The first-order valence-electron chi connectivity index (χ1n) is 5.23. The monoisotopic (exact) mass is 220 g/mol. The van der Waals surface area contributed by atoms with E-state index in [1.165, 1.54) is 15.3 Å². The molecular weight excluding hydrogens is 208 g/mol. The molecule has 78 valence electrons. The van der Waals surface area contributed by atoms with E-state index in [1.54, 1.807) is 0 Å². The van der Waals surface area contributed by atoms with Crippen LogP contribution < -0.4 is 5.43 Å². The van der Waals surface area contributed by atoms with Crippen LogP contribution in [0.3, 0.4) is 0 Å². The molecule has 1 unspecified atom stereocenters. The number of amides is 1. The van der Waals surface area contributed by atoms with E-state index >= 15 is 0 Å². The van der Waals surface area contributed by atoms with E-state index in [-0.39, 0.29) is 11.8 Å². The van der Waals surface area contributed by atoms with E-state index in [0.29, 0.717) is 0 Å². The van der Waals surface area contributed by atoms with Crippen LogP contribution in [0.2, 0.25) is 0 Å². The molecule has 0 fully saturated rings. The van der Waals surface area contributed by atoms with Gasteiger partial charge >= 0.3 is 0 Å². The second-order valence-electron chi connectivity index (χ2n) is 4.11. The maximum Gasteiger partial charge on any atom is 0.249 e. The molecule has 0 bridgehead atoms. The fourth-order valence-corrected chi connectivity index (χ4v) is 3.43. The van der Waals surface area contributed by atoms with E-state index < -0.39 is 0 Å². The SMILES string of the molecule is Cc1cc2c(s1)CCCC1C(=O)NN=C21. The Balaban J connectivity index is 2.12. The van der Waals surface area contributed by atoms with Gasteiger partial charge in [0.25, 0.3) is 0 Å². The smallest absolute Gasteiger partial charge is 0.249 e. The molecule has 2 aliphatic rings. The molecule has 0 saturated heterocycles. The Morgan fingerprint density at radius 3 is 3.33 bits per heavy atom. The zero-order valence-corrected chi connectivity index (χ0v) is 9.36. The van der Waals surface area contributed by atoms with Crippen molar-refractivity contribution < 1.29 is 4.79 Å². The number of hydrazone groups is 1. The van der Waals surface area contributed by atoms with Crippen LogP contribution in [-0.4, -0.2) is 11.6 Å². The first-order chi connectivity index (χ1) is 7.25. The highest BCUT2D eigenvalue weighted by Gasteiger charge is 2.34. The minimum atomic E-state index is 0.000231. The highest BCUT2D eigenvalue weighted by Crippen LogP contribution is 2.32. The molecule has 0 saturated carbocycles. The molecule has 1 amide bonds. The molecule has 0 spiro atoms. The van der Waals surface area contributed by atoms with Crippen molar-refractivity contribution in [3.63, 3.8) is 0 Å². The Labute approximate surface area is 92.2 Å². The zero-order valence-electron chi connectivity index (χ0n) is 8.54. The van der Waals surface area contributed by atoms with Gasteiger partial charge in [-0.3, -0.25) is 4.79 Å². The normalized spacial score (nSPS) is 23.9. The van der Waals surface area contributed by atoms with Crippen molar-refractivity contribution in [2.24, 2.45) is 11.0 Å². The molecule has 15 heavy (non-hydrogen) atoms. The lowest BCUT2D eigenvalue weighted by molar-refractivity contribution is -0.122. The first kappa shape index (κ1) is 9.09. The summed E-state index contributed by atoms with van der Waals surface area (Å²) in [7, 11) is 0. The molecule has 1 aliphatic heterocycles. The number of carbonyl (C=O) groups excluding carboxylic acids is 1. The number of thiophene rings is 1. The van der Waals surface area contributed by atoms with E-state index in [1.807, 2.05) is 11.3 Å². The van der Waals surface area contributed by atoms with Crippen molar-refractivity contribution in [1.29, 1.82) is 0 Å². The fraction of sp³-hybridized carbons (Fsp3) is 0.455. The first-order valence-corrected chi connectivity index (χ1v) is 6.04. The van der Waals surface area contributed by atoms with Gasteiger partial charge in [-0.15, -0.1) is 11.3 Å². The fourth-order valence-electron chi connectivity index (χ4n) is 2.34. The third-order valence-electron chi connectivity index (χ3n) is 3.04. The maximum atomic E-state index is 11.6. The van der Waals surface area contributed by atoms with Crippen LogP contribution in [0.4, 0.5) is 0 Å². The van der Waals surface area contributed by atoms with E-state index in [0.717, 1.165) is 25.0 Å². The summed E-state index contributed by atoms with van der Waals surface area (Å²) >= 11 is 1.83. The summed E-state index contributed by atoms with van der Waals surface area (Å²) in [4.78, 5) is 14.3. The molecular formula is C11H12N2OS. The summed E-state index contributed by atoms with van der Waals surface area (Å²) in [6, 6.07) is 2.16. The second-order valence-corrected chi connectivity index (χ2v) is 5.45. The largest absolute Gasteiger partial charge is 0.272 e. The quantitative estimate of drug-likeness (QED) is 0.712. The topological polar surface area (TPSA) is 41.5 Å². The molecule has 1 atom stereocenters. The van der Waals surface area contributed by atoms with Crippen molar-refractivity contribution in [3.05, 3.63) is 21.4 Å². The highest BCUT2D eigenvalue weighted by molar-refractivity contribution is 7.12. The molecule has 3 rings (SSSR count). The molecule has 2 heterocycles. The van der Waals surface area contributed by atoms with Crippen molar-refractivity contribution in [3.8, 4) is 0 Å². The van der Waals surface area contributed by atoms with Crippen LogP contribution in [0.1, 0.15) is 28.2 Å². The Hall–Kier alpha value is -1.16. The highest BCUT2D eigenvalue weighted by atomic mass is 32.1. The molecule has 3 nitrogen and oxygen atoms in total. The van der Waals surface area contributed by atoms with Crippen molar-refractivity contribution in [2.45, 2.75) is 26.2 Å². The predicted molar refractivity (Wildman–Crippen MR) is 60.2 cm³/mol. The maximum absolute atomic E-state index is 11.6. The second kappa shape index (κ2) is 3.17. The standard InChI is InChI=1S/C11H12N2OS/c1-6-5-8-9(15-6)4-2-3-7-10(8)12-13-11(7)14/h5,7H,2-4H2,1H3,(H,13,14). The lowest BCUT2D eigenvalue weighted by Crippen LogP contribution is -2.22. The van der Waals surface area contributed by atoms with Gasteiger partial charge in [-0.05, 0) is 32.3 Å². The third-order valence-corrected chi connectivity index (χ3v) is 4.15. The minimum absolute atomic E-state index is 0.000231. The van der Waals surface area contributed by atoms with Crippen LogP contribution >= 0.6 is 11.3 Å². The number of nitrogens with zero attached hydrogens (tertiary/aromatic N) is 1. The van der Waals surface area contributed by atoms with Crippen molar-refractivity contribution in [1.82, 2.24) is 5.43 Å². The lowest BCUT2D eigenvalue weighted by atomic mass is 9.96. The number of carbonyl (C=O) groups is 1. The average molecular weight is 220 g/mol. The Morgan fingerprint density at radius 1 is 1.60 bits per heavy atom. The minimum Gasteiger partial charge on any atom is -0.272 e. The number of nitrogens with one attached hydrogen (secondary N) is 1. The average Bonchev–Trinajstić information content (AvgIpc) is 2.68. The van der Waals surface area contributed by atoms with Gasteiger partial charge < -0.3 is 0 Å². The van der Waals surface area contributed by atoms with Crippen LogP contribution in [0.15, 0.2) is 11.2 Å². The van der Waals surface area contributed by atoms with E-state index in [9.17, 15) is 4.79 Å². The molecule has 0 aromatic carbocycles. The van der Waals surface area contributed by atoms with Crippen LogP contribution in [0, 0.1) is 12.8 Å². The number of rotatable bonds is 0. The summed E-state index contributed by atoms with van der Waals surface area (Å²) in [5.74, 6) is 0.0713. The van der Waals surface area contributed by atoms with Gasteiger partial charge in [-0.2, -0.15) is 5.10 Å². The van der Waals surface area contributed by atoms with Gasteiger partial charge in [0.1, 0.15) is 0 Å². The van der Waals surface area contributed by atoms with Gasteiger partial charge in [0.2, 0.25) is 5.91 Å².